The molecule has 0 radical (unpaired) electrons. The van der Waals surface area contributed by atoms with Crippen LogP contribution in [0.1, 0.15) is 24.0 Å². The number of aryl methyl sites for hydroxylation is 2. The summed E-state index contributed by atoms with van der Waals surface area (Å²) in [6.07, 6.45) is 0.232. The molecule has 1 saturated heterocycles. The summed E-state index contributed by atoms with van der Waals surface area (Å²) in [4.78, 5) is 22.6. The minimum absolute atomic E-state index is 0.0599. The molecule has 0 saturated carbocycles. The molecular formula is C13H17N3O4S. The molecule has 114 valence electrons. The van der Waals surface area contributed by atoms with Gasteiger partial charge >= 0.3 is 0 Å². The van der Waals surface area contributed by atoms with Crippen LogP contribution in [0.3, 0.4) is 0 Å². The van der Waals surface area contributed by atoms with Crippen molar-refractivity contribution < 1.29 is 18.0 Å². The number of rotatable bonds is 3. The van der Waals surface area contributed by atoms with E-state index in [2.05, 4.69) is 10.0 Å². The summed E-state index contributed by atoms with van der Waals surface area (Å²) >= 11 is 0. The summed E-state index contributed by atoms with van der Waals surface area (Å²) in [7, 11) is -3.93. The molecule has 4 N–H and O–H groups in total. The molecule has 1 aliphatic heterocycles. The fraction of sp³-hybridized carbons (Fsp3) is 0.385. The van der Waals surface area contributed by atoms with Crippen LogP contribution in [0.5, 0.6) is 0 Å². The molecule has 2 rings (SSSR count). The highest BCUT2D eigenvalue weighted by Crippen LogP contribution is 2.23. The number of nitrogens with two attached hydrogens (primary N) is 1. The zero-order chi connectivity index (χ0) is 15.8. The van der Waals surface area contributed by atoms with Gasteiger partial charge in [0.25, 0.3) is 0 Å². The van der Waals surface area contributed by atoms with Crippen molar-refractivity contribution in [3.63, 3.8) is 0 Å². The third kappa shape index (κ3) is 3.22. The predicted molar refractivity (Wildman–Crippen MR) is 76.8 cm³/mol. The Labute approximate surface area is 123 Å². The maximum absolute atomic E-state index is 12.4. The monoisotopic (exact) mass is 311 g/mol. The highest BCUT2D eigenvalue weighted by Gasteiger charge is 2.31. The number of nitrogens with one attached hydrogen (secondary N) is 2. The van der Waals surface area contributed by atoms with E-state index in [1.54, 1.807) is 13.0 Å². The van der Waals surface area contributed by atoms with Crippen molar-refractivity contribution in [2.24, 2.45) is 0 Å². The number of nitrogen functional groups attached to an aromatic ring is 1. The molecular weight excluding hydrogens is 294 g/mol. The van der Waals surface area contributed by atoms with Gasteiger partial charge in [0.15, 0.2) is 0 Å². The van der Waals surface area contributed by atoms with Gasteiger partial charge < -0.3 is 5.73 Å². The third-order valence-corrected chi connectivity index (χ3v) is 4.98. The largest absolute Gasteiger partial charge is 0.398 e. The summed E-state index contributed by atoms with van der Waals surface area (Å²) in [5.41, 5.74) is 7.55. The normalized spacial score (nSPS) is 19.4. The molecule has 1 fully saturated rings. The first-order valence-corrected chi connectivity index (χ1v) is 7.92. The van der Waals surface area contributed by atoms with Crippen molar-refractivity contribution in [1.82, 2.24) is 10.0 Å². The number of benzene rings is 1. The molecule has 7 nitrogen and oxygen atoms in total. The van der Waals surface area contributed by atoms with Gasteiger partial charge in [-0.25, -0.2) is 8.42 Å². The van der Waals surface area contributed by atoms with Crippen molar-refractivity contribution in [2.45, 2.75) is 37.6 Å². The van der Waals surface area contributed by atoms with Gasteiger partial charge in [0.05, 0.1) is 5.69 Å². The van der Waals surface area contributed by atoms with Crippen molar-refractivity contribution in [1.29, 1.82) is 0 Å². The van der Waals surface area contributed by atoms with Gasteiger partial charge in [-0.3, -0.25) is 14.9 Å². The van der Waals surface area contributed by atoms with Crippen LogP contribution >= 0.6 is 0 Å². The van der Waals surface area contributed by atoms with Gasteiger partial charge in [0, 0.05) is 6.42 Å². The van der Waals surface area contributed by atoms with E-state index < -0.39 is 27.9 Å². The third-order valence-electron chi connectivity index (χ3n) is 3.45. The first kappa shape index (κ1) is 15.5. The fourth-order valence-electron chi connectivity index (χ4n) is 2.10. The first-order chi connectivity index (χ1) is 9.70. The van der Waals surface area contributed by atoms with E-state index in [0.29, 0.717) is 0 Å². The molecule has 0 aromatic heterocycles. The van der Waals surface area contributed by atoms with E-state index in [0.717, 1.165) is 11.1 Å². The zero-order valence-electron chi connectivity index (χ0n) is 11.8. The van der Waals surface area contributed by atoms with E-state index >= 15 is 0 Å². The van der Waals surface area contributed by atoms with Gasteiger partial charge in [0.1, 0.15) is 10.9 Å². The second-order valence-electron chi connectivity index (χ2n) is 5.10. The molecule has 0 bridgehead atoms. The Morgan fingerprint density at radius 2 is 1.86 bits per heavy atom. The number of hydrogen-bond acceptors (Lipinski definition) is 5. The lowest BCUT2D eigenvalue weighted by Gasteiger charge is -2.22. The van der Waals surface area contributed by atoms with Crippen LogP contribution in [0.15, 0.2) is 17.0 Å². The molecule has 2 amide bonds. The van der Waals surface area contributed by atoms with Gasteiger partial charge in [-0.15, -0.1) is 0 Å². The number of carbonyl (C=O) groups excluding carboxylic acids is 2. The number of imide groups is 1. The maximum atomic E-state index is 12.4. The Hall–Kier alpha value is -1.93. The van der Waals surface area contributed by atoms with Crippen LogP contribution in [0.4, 0.5) is 5.69 Å². The lowest BCUT2D eigenvalue weighted by molar-refractivity contribution is -0.134. The quantitative estimate of drug-likeness (QED) is 0.535. The van der Waals surface area contributed by atoms with Crippen molar-refractivity contribution in [3.8, 4) is 0 Å². The Kier molecular flexibility index (Phi) is 4.02. The van der Waals surface area contributed by atoms with Gasteiger partial charge in [-0.2, -0.15) is 4.72 Å². The number of piperidine rings is 1. The van der Waals surface area contributed by atoms with E-state index in [9.17, 15) is 18.0 Å². The Morgan fingerprint density at radius 3 is 2.48 bits per heavy atom. The van der Waals surface area contributed by atoms with Crippen LogP contribution in [0.2, 0.25) is 0 Å². The number of sulfonamides is 1. The zero-order valence-corrected chi connectivity index (χ0v) is 12.6. The predicted octanol–water partition coefficient (Wildman–Crippen LogP) is -0.0309. The summed E-state index contributed by atoms with van der Waals surface area (Å²) in [5, 5.41) is 2.10. The molecule has 0 spiro atoms. The smallest absolute Gasteiger partial charge is 0.244 e. The maximum Gasteiger partial charge on any atom is 0.244 e. The van der Waals surface area contributed by atoms with Crippen molar-refractivity contribution in [3.05, 3.63) is 23.3 Å². The molecule has 21 heavy (non-hydrogen) atoms. The average molecular weight is 311 g/mol. The molecule has 8 heteroatoms. The SMILES string of the molecule is Cc1cc(N)c(S(=O)(=O)NC2CCC(=O)NC2=O)cc1C. The van der Waals surface area contributed by atoms with E-state index in [4.69, 9.17) is 5.73 Å². The Morgan fingerprint density at radius 1 is 1.24 bits per heavy atom. The lowest BCUT2D eigenvalue weighted by atomic mass is 10.1. The van der Waals surface area contributed by atoms with Crippen LogP contribution in [-0.4, -0.2) is 26.3 Å². The fourth-order valence-corrected chi connectivity index (χ4v) is 3.53. The summed E-state index contributed by atoms with van der Waals surface area (Å²) in [5.74, 6) is -1.04. The Balaban J connectivity index is 2.29. The van der Waals surface area contributed by atoms with Crippen LogP contribution in [0.25, 0.3) is 0 Å². The number of hydrogen-bond donors (Lipinski definition) is 3. The number of carbonyl (C=O) groups is 2. The minimum Gasteiger partial charge on any atom is -0.398 e. The van der Waals surface area contributed by atoms with Crippen molar-refractivity contribution in [2.75, 3.05) is 5.73 Å². The average Bonchev–Trinajstić information content (AvgIpc) is 2.37. The second-order valence-corrected chi connectivity index (χ2v) is 6.78. The van der Waals surface area contributed by atoms with E-state index in [1.807, 2.05) is 6.92 Å². The van der Waals surface area contributed by atoms with Gasteiger partial charge in [-0.1, -0.05) is 0 Å². The number of amides is 2. The molecule has 1 atom stereocenters. The lowest BCUT2D eigenvalue weighted by Crippen LogP contribution is -2.52. The standard InChI is InChI=1S/C13H17N3O4S/c1-7-5-9(14)11(6-8(7)2)21(19,20)16-10-3-4-12(17)15-13(10)18/h5-6,10,16H,3-4,14H2,1-2H3,(H,15,17,18). The second kappa shape index (κ2) is 5.45. The van der Waals surface area contributed by atoms with Crippen LogP contribution in [0, 0.1) is 13.8 Å². The molecule has 1 aliphatic rings. The van der Waals surface area contributed by atoms with E-state index in [1.165, 1.54) is 6.07 Å². The first-order valence-electron chi connectivity index (χ1n) is 6.43. The highest BCUT2D eigenvalue weighted by molar-refractivity contribution is 7.89. The van der Waals surface area contributed by atoms with Gasteiger partial charge in [-0.05, 0) is 43.5 Å². The molecule has 1 aromatic carbocycles. The number of anilines is 1. The van der Waals surface area contributed by atoms with E-state index in [-0.39, 0.29) is 23.4 Å². The molecule has 1 aromatic rings. The van der Waals surface area contributed by atoms with Crippen LogP contribution in [-0.2, 0) is 19.6 Å². The topological polar surface area (TPSA) is 118 Å². The molecule has 1 heterocycles. The van der Waals surface area contributed by atoms with Gasteiger partial charge in [0.2, 0.25) is 21.8 Å². The highest BCUT2D eigenvalue weighted by atomic mass is 32.2. The summed E-state index contributed by atoms with van der Waals surface area (Å²) in [6.45, 7) is 3.61. The molecule has 1 unspecified atom stereocenters. The summed E-state index contributed by atoms with van der Waals surface area (Å²) < 4.78 is 27.0. The van der Waals surface area contributed by atoms with Crippen LogP contribution < -0.4 is 15.8 Å². The Bertz CT molecular complexity index is 712. The summed E-state index contributed by atoms with van der Waals surface area (Å²) in [6, 6.07) is 2.08. The van der Waals surface area contributed by atoms with Crippen molar-refractivity contribution >= 4 is 27.5 Å². The minimum atomic E-state index is -3.93. The molecule has 0 aliphatic carbocycles.